The van der Waals surface area contributed by atoms with Gasteiger partial charge < -0.3 is 28.1 Å². The molecule has 0 aliphatic carbocycles. The number of hydrogen-bond donors (Lipinski definition) is 1. The molecule has 4 heterocycles. The quantitative estimate of drug-likeness (QED) is 0.432. The highest BCUT2D eigenvalue weighted by Crippen LogP contribution is 2.29. The van der Waals surface area contributed by atoms with Crippen LogP contribution in [0.4, 0.5) is 0 Å². The SMILES string of the molecule is COC(c1ccccc1)c1nc2c(o1)CCN(C(=O)c1ccc(Cn3ccnc3)o1)C2.O=CO. The largest absolute Gasteiger partial charge is 0.483 e. The molecule has 0 bridgehead atoms. The molecule has 3 aromatic heterocycles. The van der Waals surface area contributed by atoms with Gasteiger partial charge in [0, 0.05) is 32.5 Å². The zero-order valence-electron chi connectivity index (χ0n) is 18.5. The molecule has 176 valence electrons. The molecule has 1 aliphatic rings. The van der Waals surface area contributed by atoms with Crippen molar-refractivity contribution in [3.05, 3.63) is 95.6 Å². The number of aromatic nitrogens is 3. The molecule has 10 nitrogen and oxygen atoms in total. The van der Waals surface area contributed by atoms with Crippen LogP contribution in [0.15, 0.2) is 70.0 Å². The molecule has 1 atom stereocenters. The first-order valence-corrected chi connectivity index (χ1v) is 10.6. The van der Waals surface area contributed by atoms with E-state index in [2.05, 4.69) is 9.97 Å². The minimum Gasteiger partial charge on any atom is -0.483 e. The summed E-state index contributed by atoms with van der Waals surface area (Å²) in [4.78, 5) is 31.7. The van der Waals surface area contributed by atoms with E-state index >= 15 is 0 Å². The molecule has 34 heavy (non-hydrogen) atoms. The maximum atomic E-state index is 13.0. The Morgan fingerprint density at radius 1 is 1.24 bits per heavy atom. The van der Waals surface area contributed by atoms with Gasteiger partial charge in [-0.05, 0) is 17.7 Å². The zero-order chi connectivity index (χ0) is 23.9. The van der Waals surface area contributed by atoms with Gasteiger partial charge in [0.15, 0.2) is 11.9 Å². The molecule has 0 fully saturated rings. The Morgan fingerprint density at radius 3 is 2.74 bits per heavy atom. The van der Waals surface area contributed by atoms with Crippen molar-refractivity contribution in [3.8, 4) is 0 Å². The maximum absolute atomic E-state index is 13.0. The van der Waals surface area contributed by atoms with Crippen LogP contribution in [0.5, 0.6) is 0 Å². The number of rotatable bonds is 6. The average molecular weight is 464 g/mol. The van der Waals surface area contributed by atoms with Crippen LogP contribution in [0.25, 0.3) is 0 Å². The standard InChI is InChI=1S/C23H22N4O4.CH2O2/c1-29-21(16-5-3-2-4-6-16)22-25-18-14-27(11-9-19(18)31-22)23(28)20-8-7-17(30-20)13-26-12-10-24-15-26;2-1-3/h2-8,10,12,15,21H,9,11,13-14H2,1H3;1H,(H,2,3). The third-order valence-corrected chi connectivity index (χ3v) is 5.36. The van der Waals surface area contributed by atoms with E-state index in [0.29, 0.717) is 43.5 Å². The van der Waals surface area contributed by atoms with Crippen LogP contribution in [0, 0.1) is 0 Å². The normalized spacial score (nSPS) is 13.5. The molecule has 0 radical (unpaired) electrons. The number of nitrogens with zero attached hydrogens (tertiary/aromatic N) is 4. The van der Waals surface area contributed by atoms with Crippen molar-refractivity contribution in [2.75, 3.05) is 13.7 Å². The van der Waals surface area contributed by atoms with Crippen LogP contribution in [-0.4, -0.2) is 50.6 Å². The van der Waals surface area contributed by atoms with Crippen LogP contribution in [-0.2, 0) is 29.0 Å². The van der Waals surface area contributed by atoms with E-state index in [0.717, 1.165) is 17.0 Å². The molecular weight excluding hydrogens is 440 g/mol. The van der Waals surface area contributed by atoms with E-state index in [1.165, 1.54) is 0 Å². The van der Waals surface area contributed by atoms with Gasteiger partial charge in [-0.3, -0.25) is 9.59 Å². The van der Waals surface area contributed by atoms with Gasteiger partial charge in [-0.2, -0.15) is 0 Å². The number of carbonyl (C=O) groups is 2. The molecule has 1 N–H and O–H groups in total. The number of ether oxygens (including phenoxy) is 1. The van der Waals surface area contributed by atoms with Crippen LogP contribution in [0.1, 0.15) is 45.3 Å². The van der Waals surface area contributed by atoms with Crippen LogP contribution in [0.3, 0.4) is 0 Å². The monoisotopic (exact) mass is 464 g/mol. The van der Waals surface area contributed by atoms with Crippen molar-refractivity contribution < 1.29 is 28.3 Å². The molecule has 4 aromatic rings. The van der Waals surface area contributed by atoms with Crippen molar-refractivity contribution in [2.45, 2.75) is 25.6 Å². The number of imidazole rings is 1. The maximum Gasteiger partial charge on any atom is 0.290 e. The average Bonchev–Trinajstić information content (AvgIpc) is 3.61. The first kappa shape index (κ1) is 23.0. The summed E-state index contributed by atoms with van der Waals surface area (Å²) in [6.45, 7) is 1.20. The lowest BCUT2D eigenvalue weighted by atomic mass is 10.1. The van der Waals surface area contributed by atoms with Gasteiger partial charge in [0.1, 0.15) is 17.2 Å². The second-order valence-corrected chi connectivity index (χ2v) is 7.53. The highest BCUT2D eigenvalue weighted by Gasteiger charge is 2.30. The summed E-state index contributed by atoms with van der Waals surface area (Å²) in [5.41, 5.74) is 1.73. The summed E-state index contributed by atoms with van der Waals surface area (Å²) in [7, 11) is 1.63. The lowest BCUT2D eigenvalue weighted by Crippen LogP contribution is -2.35. The summed E-state index contributed by atoms with van der Waals surface area (Å²) < 4.78 is 19.3. The number of furan rings is 1. The Balaban J connectivity index is 0.000000868. The highest BCUT2D eigenvalue weighted by molar-refractivity contribution is 5.91. The lowest BCUT2D eigenvalue weighted by Gasteiger charge is -2.24. The molecule has 0 saturated heterocycles. The second kappa shape index (κ2) is 10.6. The second-order valence-electron chi connectivity index (χ2n) is 7.53. The van der Waals surface area contributed by atoms with Gasteiger partial charge in [0.05, 0.1) is 19.4 Å². The van der Waals surface area contributed by atoms with E-state index in [-0.39, 0.29) is 18.5 Å². The fourth-order valence-electron chi connectivity index (χ4n) is 3.81. The van der Waals surface area contributed by atoms with Crippen LogP contribution in [0.2, 0.25) is 0 Å². The molecule has 5 rings (SSSR count). The Labute approximate surface area is 195 Å². The summed E-state index contributed by atoms with van der Waals surface area (Å²) in [6.07, 6.45) is 5.48. The number of hydrogen-bond acceptors (Lipinski definition) is 7. The number of benzene rings is 1. The first-order valence-electron chi connectivity index (χ1n) is 10.6. The van der Waals surface area contributed by atoms with E-state index in [1.54, 1.807) is 30.6 Å². The summed E-state index contributed by atoms with van der Waals surface area (Å²) in [5, 5.41) is 6.89. The number of carboxylic acid groups (broad SMARTS) is 1. The van der Waals surface area contributed by atoms with Gasteiger partial charge in [-0.25, -0.2) is 9.97 Å². The van der Waals surface area contributed by atoms with Crippen molar-refractivity contribution in [2.24, 2.45) is 0 Å². The Morgan fingerprint density at radius 2 is 2.03 bits per heavy atom. The van der Waals surface area contributed by atoms with Gasteiger partial charge in [-0.1, -0.05) is 30.3 Å². The molecule has 0 spiro atoms. The van der Waals surface area contributed by atoms with Gasteiger partial charge >= 0.3 is 0 Å². The predicted octanol–water partition coefficient (Wildman–Crippen LogP) is 3.15. The fraction of sp³-hybridized carbons (Fsp3) is 0.250. The summed E-state index contributed by atoms with van der Waals surface area (Å²) >= 11 is 0. The van der Waals surface area contributed by atoms with E-state index in [1.807, 2.05) is 47.2 Å². The molecular formula is C24H24N4O6. The zero-order valence-corrected chi connectivity index (χ0v) is 18.5. The smallest absolute Gasteiger partial charge is 0.290 e. The van der Waals surface area contributed by atoms with E-state index in [9.17, 15) is 4.79 Å². The van der Waals surface area contributed by atoms with Crippen molar-refractivity contribution in [1.82, 2.24) is 19.4 Å². The number of fused-ring (bicyclic) bond motifs is 1. The Kier molecular flexibility index (Phi) is 7.19. The molecule has 0 saturated carbocycles. The summed E-state index contributed by atoms with van der Waals surface area (Å²) in [6, 6.07) is 13.4. The van der Waals surface area contributed by atoms with Gasteiger partial charge in [-0.15, -0.1) is 0 Å². The minimum absolute atomic E-state index is 0.154. The summed E-state index contributed by atoms with van der Waals surface area (Å²) in [5.74, 6) is 2.18. The predicted molar refractivity (Wildman–Crippen MR) is 119 cm³/mol. The number of carbonyl (C=O) groups excluding carboxylic acids is 1. The van der Waals surface area contributed by atoms with Crippen molar-refractivity contribution >= 4 is 12.4 Å². The third-order valence-electron chi connectivity index (χ3n) is 5.36. The minimum atomic E-state index is -0.383. The highest BCUT2D eigenvalue weighted by atomic mass is 16.5. The van der Waals surface area contributed by atoms with Gasteiger partial charge in [0.2, 0.25) is 5.89 Å². The molecule has 10 heteroatoms. The fourth-order valence-corrected chi connectivity index (χ4v) is 3.81. The first-order chi connectivity index (χ1) is 16.6. The van der Waals surface area contributed by atoms with Crippen molar-refractivity contribution in [3.63, 3.8) is 0 Å². The lowest BCUT2D eigenvalue weighted by molar-refractivity contribution is -0.122. The third kappa shape index (κ3) is 5.07. The molecule has 1 aromatic carbocycles. The molecule has 1 aliphatic heterocycles. The van der Waals surface area contributed by atoms with E-state index < -0.39 is 0 Å². The van der Waals surface area contributed by atoms with Gasteiger partial charge in [0.25, 0.3) is 12.4 Å². The van der Waals surface area contributed by atoms with Crippen LogP contribution < -0.4 is 0 Å². The number of methoxy groups -OCH3 is 1. The number of oxazole rings is 1. The van der Waals surface area contributed by atoms with E-state index in [4.69, 9.17) is 23.5 Å². The van der Waals surface area contributed by atoms with Crippen molar-refractivity contribution in [1.29, 1.82) is 0 Å². The Hall–Kier alpha value is -4.18. The molecule has 1 unspecified atom stereocenters. The topological polar surface area (TPSA) is 124 Å². The van der Waals surface area contributed by atoms with Crippen LogP contribution >= 0.6 is 0 Å². The molecule has 1 amide bonds. The Bertz CT molecular complexity index is 1220. The number of amides is 1.